The van der Waals surface area contributed by atoms with E-state index in [1.165, 1.54) is 0 Å². The van der Waals surface area contributed by atoms with Crippen molar-refractivity contribution in [2.24, 2.45) is 0 Å². The minimum Gasteiger partial charge on any atom is -0.495 e. The van der Waals surface area contributed by atoms with Gasteiger partial charge in [0.25, 0.3) is 0 Å². The van der Waals surface area contributed by atoms with Crippen molar-refractivity contribution in [1.29, 1.82) is 0 Å². The number of halogens is 2. The number of carbonyl (C=O) groups is 1. The molecule has 0 N–H and O–H groups in total. The molecular weight excluding hydrogens is 577 g/mol. The molecule has 0 spiro atoms. The number of unbranched alkanes of at least 4 members (excludes halogenated alkanes) is 1. The highest BCUT2D eigenvalue weighted by Crippen LogP contribution is 2.30. The van der Waals surface area contributed by atoms with Crippen molar-refractivity contribution in [3.63, 3.8) is 0 Å². The van der Waals surface area contributed by atoms with Crippen LogP contribution in [0.25, 0.3) is 5.69 Å². The normalized spacial score (nSPS) is 13.4. The third-order valence-corrected chi connectivity index (χ3v) is 8.90. The van der Waals surface area contributed by atoms with E-state index < -0.39 is 0 Å². The van der Waals surface area contributed by atoms with Crippen LogP contribution < -0.4 is 9.64 Å². The average molecular weight is 611 g/mol. The first-order valence-corrected chi connectivity index (χ1v) is 15.5. The summed E-state index contributed by atoms with van der Waals surface area (Å²) in [5.74, 6) is 2.75. The van der Waals surface area contributed by atoms with Gasteiger partial charge >= 0.3 is 0 Å². The molecule has 1 fully saturated rings. The molecule has 1 aliphatic rings. The highest BCUT2D eigenvalue weighted by Gasteiger charge is 2.22. The van der Waals surface area contributed by atoms with Gasteiger partial charge in [-0.15, -0.1) is 10.2 Å². The zero-order valence-corrected chi connectivity index (χ0v) is 25.3. The number of anilines is 1. The molecule has 2 heterocycles. The molecular formula is C31H33Cl2N5O2S. The monoisotopic (exact) mass is 609 g/mol. The molecule has 1 aliphatic heterocycles. The van der Waals surface area contributed by atoms with Crippen LogP contribution in [0.2, 0.25) is 10.0 Å². The first kappa shape index (κ1) is 29.3. The summed E-state index contributed by atoms with van der Waals surface area (Å²) in [5, 5.41) is 10.8. The number of benzene rings is 3. The molecule has 10 heteroatoms. The summed E-state index contributed by atoms with van der Waals surface area (Å²) in [7, 11) is 1.69. The van der Waals surface area contributed by atoms with Gasteiger partial charge in [0, 0.05) is 44.8 Å². The topological polar surface area (TPSA) is 63.5 Å². The third-order valence-electron chi connectivity index (χ3n) is 7.14. The lowest BCUT2D eigenvalue weighted by molar-refractivity contribution is -0.131. The second-order valence-corrected chi connectivity index (χ2v) is 11.7. The minimum absolute atomic E-state index is 0.221. The van der Waals surface area contributed by atoms with Gasteiger partial charge in [-0.3, -0.25) is 9.36 Å². The summed E-state index contributed by atoms with van der Waals surface area (Å²) in [5.41, 5.74) is 3.11. The van der Waals surface area contributed by atoms with Crippen molar-refractivity contribution in [3.05, 3.63) is 94.2 Å². The second-order valence-electron chi connectivity index (χ2n) is 9.84. The van der Waals surface area contributed by atoms with E-state index in [2.05, 4.69) is 33.3 Å². The highest BCUT2D eigenvalue weighted by molar-refractivity contribution is 7.99. The van der Waals surface area contributed by atoms with Crippen LogP contribution in [0.3, 0.4) is 0 Å². The first-order valence-electron chi connectivity index (χ1n) is 13.8. The smallest absolute Gasteiger partial charge is 0.222 e. The fourth-order valence-corrected chi connectivity index (χ4v) is 6.22. The van der Waals surface area contributed by atoms with Crippen LogP contribution in [-0.2, 0) is 11.2 Å². The molecule has 4 aromatic rings. The van der Waals surface area contributed by atoms with Crippen LogP contribution in [-0.4, -0.2) is 64.6 Å². The molecule has 7 nitrogen and oxygen atoms in total. The van der Waals surface area contributed by atoms with E-state index in [1.807, 2.05) is 58.0 Å². The zero-order chi connectivity index (χ0) is 28.6. The molecule has 0 unspecified atom stereocenters. The maximum Gasteiger partial charge on any atom is 0.222 e. The largest absolute Gasteiger partial charge is 0.495 e. The average Bonchev–Trinajstić information content (AvgIpc) is 3.40. The van der Waals surface area contributed by atoms with Crippen LogP contribution in [0.1, 0.15) is 30.7 Å². The molecule has 214 valence electrons. The number of thioether (sulfide) groups is 1. The number of para-hydroxylation sites is 2. The molecule has 1 saturated heterocycles. The molecule has 0 radical (unpaired) electrons. The van der Waals surface area contributed by atoms with E-state index in [0.717, 1.165) is 78.4 Å². The first-order chi connectivity index (χ1) is 20.0. The van der Waals surface area contributed by atoms with Crippen molar-refractivity contribution in [3.8, 4) is 11.4 Å². The van der Waals surface area contributed by atoms with Crippen molar-refractivity contribution in [2.45, 2.75) is 30.8 Å². The summed E-state index contributed by atoms with van der Waals surface area (Å²) < 4.78 is 7.55. The summed E-state index contributed by atoms with van der Waals surface area (Å²) in [6.45, 7) is 3.06. The summed E-state index contributed by atoms with van der Waals surface area (Å²) in [6.07, 6.45) is 2.93. The fraction of sp³-hybridized carbons (Fsp3) is 0.323. The van der Waals surface area contributed by atoms with Gasteiger partial charge in [-0.1, -0.05) is 77.4 Å². The Labute approximate surface area is 255 Å². The van der Waals surface area contributed by atoms with E-state index >= 15 is 0 Å². The van der Waals surface area contributed by atoms with E-state index in [9.17, 15) is 4.79 Å². The number of methoxy groups -OCH3 is 1. The van der Waals surface area contributed by atoms with E-state index in [-0.39, 0.29) is 5.91 Å². The quantitative estimate of drug-likeness (QED) is 0.138. The molecule has 0 saturated carbocycles. The Bertz CT molecular complexity index is 1460. The van der Waals surface area contributed by atoms with Crippen molar-refractivity contribution < 1.29 is 9.53 Å². The second kappa shape index (κ2) is 14.1. The summed E-state index contributed by atoms with van der Waals surface area (Å²) in [6, 6.07) is 23.8. The Hall–Kier alpha value is -3.20. The predicted molar refractivity (Wildman–Crippen MR) is 167 cm³/mol. The summed E-state index contributed by atoms with van der Waals surface area (Å²) in [4.78, 5) is 17.2. The Balaban J connectivity index is 1.14. The lowest BCUT2D eigenvalue weighted by Gasteiger charge is -2.36. The van der Waals surface area contributed by atoms with Gasteiger partial charge in [0.15, 0.2) is 5.16 Å². The molecule has 0 aliphatic carbocycles. The number of ether oxygens (including phenoxy) is 1. The lowest BCUT2D eigenvalue weighted by atomic mass is 10.1. The predicted octanol–water partition coefficient (Wildman–Crippen LogP) is 6.78. The summed E-state index contributed by atoms with van der Waals surface area (Å²) >= 11 is 14.2. The van der Waals surface area contributed by atoms with Crippen molar-refractivity contribution in [2.75, 3.05) is 43.9 Å². The van der Waals surface area contributed by atoms with Crippen LogP contribution in [0.15, 0.2) is 78.0 Å². The standard InChI is InChI=1S/C31H33Cl2N5O2S/c1-40-28-12-6-5-11-27(28)36-16-18-37(19-17-36)30(39)13-7-8-20-41-31-35-34-29(21-23-9-3-2-4-10-23)38(31)24-14-15-25(32)26(33)22-24/h2-6,9-12,14-15,22H,7-8,13,16-21H2,1H3. The lowest BCUT2D eigenvalue weighted by Crippen LogP contribution is -2.48. The Morgan fingerprint density at radius 3 is 2.41 bits per heavy atom. The Morgan fingerprint density at radius 2 is 1.66 bits per heavy atom. The van der Waals surface area contributed by atoms with E-state index in [1.54, 1.807) is 24.9 Å². The number of piperazine rings is 1. The van der Waals surface area contributed by atoms with Crippen LogP contribution >= 0.6 is 35.0 Å². The number of rotatable bonds is 11. The Kier molecular flexibility index (Phi) is 10.1. The number of hydrogen-bond donors (Lipinski definition) is 0. The molecule has 0 atom stereocenters. The molecule has 0 bridgehead atoms. The molecule has 1 amide bonds. The minimum atomic E-state index is 0.221. The van der Waals surface area contributed by atoms with Gasteiger partial charge in [-0.25, -0.2) is 0 Å². The number of carbonyl (C=O) groups excluding carboxylic acids is 1. The number of hydrogen-bond acceptors (Lipinski definition) is 6. The molecule has 5 rings (SSSR count). The third kappa shape index (κ3) is 7.36. The maximum absolute atomic E-state index is 12.9. The number of amides is 1. The Morgan fingerprint density at radius 1 is 0.902 bits per heavy atom. The fourth-order valence-electron chi connectivity index (χ4n) is 4.96. The number of nitrogens with zero attached hydrogens (tertiary/aromatic N) is 5. The zero-order valence-electron chi connectivity index (χ0n) is 23.0. The van der Waals surface area contributed by atoms with Gasteiger partial charge in [0.2, 0.25) is 5.91 Å². The number of aromatic nitrogens is 3. The van der Waals surface area contributed by atoms with Crippen LogP contribution in [0.5, 0.6) is 5.75 Å². The van der Waals surface area contributed by atoms with Crippen LogP contribution in [0.4, 0.5) is 5.69 Å². The van der Waals surface area contributed by atoms with Gasteiger partial charge < -0.3 is 14.5 Å². The van der Waals surface area contributed by atoms with Gasteiger partial charge in [-0.05, 0) is 48.7 Å². The van der Waals surface area contributed by atoms with Crippen molar-refractivity contribution >= 4 is 46.6 Å². The van der Waals surface area contributed by atoms with Crippen molar-refractivity contribution in [1.82, 2.24) is 19.7 Å². The maximum atomic E-state index is 12.9. The van der Waals surface area contributed by atoms with Gasteiger partial charge in [0.1, 0.15) is 11.6 Å². The molecule has 1 aromatic heterocycles. The van der Waals surface area contributed by atoms with Gasteiger partial charge in [-0.2, -0.15) is 0 Å². The highest BCUT2D eigenvalue weighted by atomic mass is 35.5. The van der Waals surface area contributed by atoms with Crippen LogP contribution in [0, 0.1) is 0 Å². The van der Waals surface area contributed by atoms with E-state index in [4.69, 9.17) is 27.9 Å². The molecule has 41 heavy (non-hydrogen) atoms. The SMILES string of the molecule is COc1ccccc1N1CCN(C(=O)CCCCSc2nnc(Cc3ccccc3)n2-c2ccc(Cl)c(Cl)c2)CC1. The van der Waals surface area contributed by atoms with E-state index in [0.29, 0.717) is 22.9 Å². The van der Waals surface area contributed by atoms with Gasteiger partial charge in [0.05, 0.1) is 28.5 Å². The molecule has 3 aromatic carbocycles.